The van der Waals surface area contributed by atoms with E-state index >= 15 is 0 Å². The van der Waals surface area contributed by atoms with Gasteiger partial charge in [0.15, 0.2) is 0 Å². The van der Waals surface area contributed by atoms with Crippen molar-refractivity contribution in [3.8, 4) is 0 Å². The second-order valence-electron chi connectivity index (χ2n) is 5.76. The summed E-state index contributed by atoms with van der Waals surface area (Å²) in [6.45, 7) is 4.85. The van der Waals surface area contributed by atoms with Crippen molar-refractivity contribution in [1.29, 1.82) is 0 Å². The lowest BCUT2D eigenvalue weighted by Gasteiger charge is -2.16. The van der Waals surface area contributed by atoms with Gasteiger partial charge < -0.3 is 10.4 Å². The summed E-state index contributed by atoms with van der Waals surface area (Å²) in [7, 11) is 0. The molecule has 0 rings (SSSR count). The first-order valence-corrected chi connectivity index (χ1v) is 8.64. The molecule has 0 heterocycles. The Labute approximate surface area is 125 Å². The Balaban J connectivity index is 3.93. The van der Waals surface area contributed by atoms with Gasteiger partial charge in [0.1, 0.15) is 0 Å². The molecule has 0 aromatic rings. The highest BCUT2D eigenvalue weighted by atomic mass is 16.3. The summed E-state index contributed by atoms with van der Waals surface area (Å²) in [5.74, 6) is 0.297. The summed E-state index contributed by atoms with van der Waals surface area (Å²) in [5.41, 5.74) is 0. The van der Waals surface area contributed by atoms with Crippen LogP contribution in [0.25, 0.3) is 0 Å². The molecule has 120 valence electrons. The zero-order valence-corrected chi connectivity index (χ0v) is 13.6. The zero-order chi connectivity index (χ0) is 15.1. The first-order valence-electron chi connectivity index (χ1n) is 8.64. The minimum Gasteiger partial charge on any atom is -0.395 e. The fourth-order valence-electron chi connectivity index (χ4n) is 2.54. The van der Waals surface area contributed by atoms with Crippen molar-refractivity contribution >= 4 is 5.91 Å². The third-order valence-corrected chi connectivity index (χ3v) is 3.84. The quantitative estimate of drug-likeness (QED) is 0.473. The number of nitrogens with one attached hydrogen (secondary N) is 1. The molecule has 0 fully saturated rings. The van der Waals surface area contributed by atoms with E-state index in [-0.39, 0.29) is 18.4 Å². The second kappa shape index (κ2) is 14.8. The lowest BCUT2D eigenvalue weighted by atomic mass is 9.93. The SMILES string of the molecule is CCCCCCCC(CCCCCC)C(=O)NCCO. The van der Waals surface area contributed by atoms with E-state index in [0.717, 1.165) is 25.7 Å². The van der Waals surface area contributed by atoms with E-state index in [1.807, 2.05) is 0 Å². The number of aliphatic hydroxyl groups excluding tert-OH is 1. The van der Waals surface area contributed by atoms with Gasteiger partial charge in [-0.1, -0.05) is 71.6 Å². The van der Waals surface area contributed by atoms with Crippen molar-refractivity contribution in [2.75, 3.05) is 13.2 Å². The standard InChI is InChI=1S/C17H35NO2/c1-3-5-7-9-11-13-16(12-10-8-6-4-2)17(20)18-14-15-19/h16,19H,3-15H2,1-2H3,(H,18,20). The number of aliphatic hydroxyl groups is 1. The Kier molecular flexibility index (Phi) is 14.4. The van der Waals surface area contributed by atoms with Crippen LogP contribution in [0.1, 0.15) is 84.5 Å². The summed E-state index contributed by atoms with van der Waals surface area (Å²) in [5, 5.41) is 11.6. The highest BCUT2D eigenvalue weighted by Crippen LogP contribution is 2.19. The van der Waals surface area contributed by atoms with E-state index in [2.05, 4.69) is 19.2 Å². The molecule has 0 saturated heterocycles. The van der Waals surface area contributed by atoms with Gasteiger partial charge in [0.05, 0.1) is 6.61 Å². The predicted octanol–water partition coefficient (Wildman–Crippen LogP) is 4.04. The number of carbonyl (C=O) groups excluding carboxylic acids is 1. The summed E-state index contributed by atoms with van der Waals surface area (Å²) < 4.78 is 0. The fourth-order valence-corrected chi connectivity index (χ4v) is 2.54. The van der Waals surface area contributed by atoms with Crippen LogP contribution in [0.5, 0.6) is 0 Å². The topological polar surface area (TPSA) is 49.3 Å². The van der Waals surface area contributed by atoms with Gasteiger partial charge in [-0.05, 0) is 12.8 Å². The molecular weight excluding hydrogens is 250 g/mol. The minimum atomic E-state index is 0.0325. The van der Waals surface area contributed by atoms with E-state index in [1.165, 1.54) is 44.9 Å². The Hall–Kier alpha value is -0.570. The number of rotatable bonds is 14. The van der Waals surface area contributed by atoms with Crippen LogP contribution in [0.15, 0.2) is 0 Å². The third-order valence-electron chi connectivity index (χ3n) is 3.84. The summed E-state index contributed by atoms with van der Waals surface area (Å²) in [6.07, 6.45) is 13.2. The first-order chi connectivity index (χ1) is 9.76. The first kappa shape index (κ1) is 19.4. The molecule has 1 atom stereocenters. The molecule has 1 unspecified atom stereocenters. The Morgan fingerprint density at radius 2 is 1.40 bits per heavy atom. The molecule has 20 heavy (non-hydrogen) atoms. The maximum Gasteiger partial charge on any atom is 0.223 e. The molecule has 0 aliphatic carbocycles. The van der Waals surface area contributed by atoms with Gasteiger partial charge in [-0.25, -0.2) is 0 Å². The summed E-state index contributed by atoms with van der Waals surface area (Å²) in [6, 6.07) is 0. The van der Waals surface area contributed by atoms with Crippen molar-refractivity contribution in [2.45, 2.75) is 84.5 Å². The molecule has 2 N–H and O–H groups in total. The third kappa shape index (κ3) is 11.3. The van der Waals surface area contributed by atoms with Crippen molar-refractivity contribution in [2.24, 2.45) is 5.92 Å². The van der Waals surface area contributed by atoms with Gasteiger partial charge >= 0.3 is 0 Å². The smallest absolute Gasteiger partial charge is 0.223 e. The van der Waals surface area contributed by atoms with Crippen LogP contribution in [0.2, 0.25) is 0 Å². The molecule has 0 bridgehead atoms. The van der Waals surface area contributed by atoms with E-state index in [1.54, 1.807) is 0 Å². The molecule has 0 aromatic heterocycles. The highest BCUT2D eigenvalue weighted by Gasteiger charge is 2.16. The normalized spacial score (nSPS) is 12.3. The second-order valence-corrected chi connectivity index (χ2v) is 5.76. The van der Waals surface area contributed by atoms with Crippen LogP contribution in [0.3, 0.4) is 0 Å². The molecule has 3 nitrogen and oxygen atoms in total. The van der Waals surface area contributed by atoms with Crippen molar-refractivity contribution < 1.29 is 9.90 Å². The average Bonchev–Trinajstić information content (AvgIpc) is 2.46. The fraction of sp³-hybridized carbons (Fsp3) is 0.941. The van der Waals surface area contributed by atoms with Crippen LogP contribution < -0.4 is 5.32 Å². The van der Waals surface area contributed by atoms with Gasteiger partial charge in [-0.15, -0.1) is 0 Å². The van der Waals surface area contributed by atoms with Gasteiger partial charge in [0.2, 0.25) is 5.91 Å². The Bertz CT molecular complexity index is 219. The molecule has 3 heteroatoms. The number of carbonyl (C=O) groups is 1. The van der Waals surface area contributed by atoms with Crippen molar-refractivity contribution in [3.05, 3.63) is 0 Å². The maximum absolute atomic E-state index is 12.1. The Morgan fingerprint density at radius 1 is 0.900 bits per heavy atom. The van der Waals surface area contributed by atoms with Crippen molar-refractivity contribution in [3.63, 3.8) is 0 Å². The monoisotopic (exact) mass is 285 g/mol. The number of hydrogen-bond acceptors (Lipinski definition) is 2. The number of unbranched alkanes of at least 4 members (excludes halogenated alkanes) is 7. The molecular formula is C17H35NO2. The molecule has 0 spiro atoms. The highest BCUT2D eigenvalue weighted by molar-refractivity contribution is 5.78. The van der Waals surface area contributed by atoms with Crippen LogP contribution in [-0.2, 0) is 4.79 Å². The minimum absolute atomic E-state index is 0.0325. The van der Waals surface area contributed by atoms with Crippen LogP contribution >= 0.6 is 0 Å². The van der Waals surface area contributed by atoms with E-state index in [9.17, 15) is 4.79 Å². The van der Waals surface area contributed by atoms with E-state index in [4.69, 9.17) is 5.11 Å². The van der Waals surface area contributed by atoms with Gasteiger partial charge in [0.25, 0.3) is 0 Å². The van der Waals surface area contributed by atoms with Crippen LogP contribution in [0, 0.1) is 5.92 Å². The molecule has 0 radical (unpaired) electrons. The molecule has 0 aliphatic rings. The maximum atomic E-state index is 12.1. The lowest BCUT2D eigenvalue weighted by Crippen LogP contribution is -2.32. The van der Waals surface area contributed by atoms with Crippen LogP contribution in [0.4, 0.5) is 0 Å². The lowest BCUT2D eigenvalue weighted by molar-refractivity contribution is -0.125. The van der Waals surface area contributed by atoms with E-state index < -0.39 is 0 Å². The largest absolute Gasteiger partial charge is 0.395 e. The van der Waals surface area contributed by atoms with Gasteiger partial charge in [-0.3, -0.25) is 4.79 Å². The van der Waals surface area contributed by atoms with Gasteiger partial charge in [-0.2, -0.15) is 0 Å². The molecule has 0 aliphatic heterocycles. The molecule has 1 amide bonds. The van der Waals surface area contributed by atoms with Gasteiger partial charge in [0, 0.05) is 12.5 Å². The predicted molar refractivity (Wildman–Crippen MR) is 85.7 cm³/mol. The summed E-state index contributed by atoms with van der Waals surface area (Å²) in [4.78, 5) is 12.1. The molecule has 0 aromatic carbocycles. The molecule has 0 saturated carbocycles. The zero-order valence-electron chi connectivity index (χ0n) is 13.6. The van der Waals surface area contributed by atoms with Crippen LogP contribution in [-0.4, -0.2) is 24.2 Å². The Morgan fingerprint density at radius 3 is 1.90 bits per heavy atom. The number of hydrogen-bond donors (Lipinski definition) is 2. The van der Waals surface area contributed by atoms with E-state index in [0.29, 0.717) is 6.54 Å². The average molecular weight is 285 g/mol. The number of amides is 1. The van der Waals surface area contributed by atoms with Crippen molar-refractivity contribution in [1.82, 2.24) is 5.32 Å². The summed E-state index contributed by atoms with van der Waals surface area (Å²) >= 11 is 0.